The zero-order chi connectivity index (χ0) is 10.4. The SMILES string of the molecule is O=C(O)c1cc(C2CCC2)n(C2CC2)n1. The predicted octanol–water partition coefficient (Wildman–Crippen LogP) is 2.18. The van der Waals surface area contributed by atoms with Crippen molar-refractivity contribution in [3.63, 3.8) is 0 Å². The molecule has 0 aliphatic heterocycles. The van der Waals surface area contributed by atoms with Crippen LogP contribution in [-0.2, 0) is 0 Å². The highest BCUT2D eigenvalue weighted by Gasteiger charge is 2.32. The first-order valence-electron chi connectivity index (χ1n) is 5.58. The van der Waals surface area contributed by atoms with Crippen molar-refractivity contribution in [2.45, 2.75) is 44.1 Å². The third kappa shape index (κ3) is 1.44. The minimum absolute atomic E-state index is 0.212. The molecule has 0 aromatic carbocycles. The summed E-state index contributed by atoms with van der Waals surface area (Å²) in [5, 5.41) is 13.1. The lowest BCUT2D eigenvalue weighted by Crippen LogP contribution is -2.14. The van der Waals surface area contributed by atoms with Crippen LogP contribution < -0.4 is 0 Å². The van der Waals surface area contributed by atoms with Crippen LogP contribution in [0.4, 0.5) is 0 Å². The number of hydrogen-bond acceptors (Lipinski definition) is 2. The second-order valence-corrected chi connectivity index (χ2v) is 4.56. The van der Waals surface area contributed by atoms with Crippen LogP contribution in [0.25, 0.3) is 0 Å². The van der Waals surface area contributed by atoms with Crippen molar-refractivity contribution < 1.29 is 9.90 Å². The van der Waals surface area contributed by atoms with Gasteiger partial charge in [0, 0.05) is 11.6 Å². The van der Waals surface area contributed by atoms with Gasteiger partial charge in [-0.15, -0.1) is 0 Å². The topological polar surface area (TPSA) is 55.1 Å². The number of hydrogen-bond donors (Lipinski definition) is 1. The van der Waals surface area contributed by atoms with Gasteiger partial charge in [0.25, 0.3) is 0 Å². The van der Waals surface area contributed by atoms with E-state index in [1.165, 1.54) is 19.3 Å². The molecule has 1 aromatic rings. The summed E-state index contributed by atoms with van der Waals surface area (Å²) in [6.45, 7) is 0. The molecular weight excluding hydrogens is 192 g/mol. The largest absolute Gasteiger partial charge is 0.476 e. The summed E-state index contributed by atoms with van der Waals surface area (Å²) in [6, 6.07) is 2.25. The Balaban J connectivity index is 1.97. The number of carboxylic acid groups (broad SMARTS) is 1. The second-order valence-electron chi connectivity index (χ2n) is 4.56. The maximum Gasteiger partial charge on any atom is 0.356 e. The molecule has 2 aliphatic rings. The molecule has 1 heterocycles. The smallest absolute Gasteiger partial charge is 0.356 e. The van der Waals surface area contributed by atoms with Crippen LogP contribution in [0.5, 0.6) is 0 Å². The van der Waals surface area contributed by atoms with Gasteiger partial charge in [-0.25, -0.2) is 4.79 Å². The van der Waals surface area contributed by atoms with Gasteiger partial charge in [0.2, 0.25) is 0 Å². The number of rotatable bonds is 3. The second kappa shape index (κ2) is 3.08. The van der Waals surface area contributed by atoms with Gasteiger partial charge in [-0.1, -0.05) is 6.42 Å². The third-order valence-electron chi connectivity index (χ3n) is 3.40. The van der Waals surface area contributed by atoms with Crippen molar-refractivity contribution in [2.75, 3.05) is 0 Å². The lowest BCUT2D eigenvalue weighted by molar-refractivity contribution is 0.0689. The number of aromatic nitrogens is 2. The number of carbonyl (C=O) groups is 1. The van der Waals surface area contributed by atoms with E-state index in [4.69, 9.17) is 5.11 Å². The summed E-state index contributed by atoms with van der Waals surface area (Å²) >= 11 is 0. The molecule has 3 rings (SSSR count). The highest BCUT2D eigenvalue weighted by Crippen LogP contribution is 2.42. The molecule has 0 saturated heterocycles. The molecule has 0 bridgehead atoms. The number of nitrogens with zero attached hydrogens (tertiary/aromatic N) is 2. The van der Waals surface area contributed by atoms with Crippen molar-refractivity contribution in [3.05, 3.63) is 17.5 Å². The average Bonchev–Trinajstić information content (AvgIpc) is 2.85. The van der Waals surface area contributed by atoms with Gasteiger partial charge in [0.05, 0.1) is 6.04 Å². The van der Waals surface area contributed by atoms with Gasteiger partial charge in [-0.05, 0) is 31.7 Å². The van der Waals surface area contributed by atoms with Crippen LogP contribution in [0, 0.1) is 0 Å². The summed E-state index contributed by atoms with van der Waals surface area (Å²) in [5.74, 6) is -0.346. The zero-order valence-electron chi connectivity index (χ0n) is 8.52. The van der Waals surface area contributed by atoms with Crippen LogP contribution in [0.1, 0.15) is 60.2 Å². The third-order valence-corrected chi connectivity index (χ3v) is 3.40. The molecule has 15 heavy (non-hydrogen) atoms. The van der Waals surface area contributed by atoms with E-state index in [0.717, 1.165) is 18.5 Å². The van der Waals surface area contributed by atoms with Crippen molar-refractivity contribution in [3.8, 4) is 0 Å². The van der Waals surface area contributed by atoms with Gasteiger partial charge in [-0.2, -0.15) is 5.10 Å². The van der Waals surface area contributed by atoms with Crippen molar-refractivity contribution in [2.24, 2.45) is 0 Å². The lowest BCUT2D eigenvalue weighted by atomic mass is 9.83. The van der Waals surface area contributed by atoms with Gasteiger partial charge in [-0.3, -0.25) is 4.68 Å². The molecule has 2 aliphatic carbocycles. The fourth-order valence-electron chi connectivity index (χ4n) is 2.13. The zero-order valence-corrected chi connectivity index (χ0v) is 8.52. The number of carboxylic acids is 1. The monoisotopic (exact) mass is 206 g/mol. The summed E-state index contributed by atoms with van der Waals surface area (Å²) in [5.41, 5.74) is 1.37. The Hall–Kier alpha value is -1.32. The molecule has 0 amide bonds. The molecule has 0 spiro atoms. The van der Waals surface area contributed by atoms with Crippen LogP contribution in [0.2, 0.25) is 0 Å². The Kier molecular flexibility index (Phi) is 1.84. The summed E-state index contributed by atoms with van der Waals surface area (Å²) in [6.07, 6.45) is 5.96. The Morgan fingerprint density at radius 3 is 2.60 bits per heavy atom. The van der Waals surface area contributed by atoms with Crippen LogP contribution in [-0.4, -0.2) is 20.9 Å². The molecule has 1 aromatic heterocycles. The highest BCUT2D eigenvalue weighted by atomic mass is 16.4. The summed E-state index contributed by atoms with van der Waals surface area (Å²) < 4.78 is 1.97. The normalized spacial score (nSPS) is 21.3. The van der Waals surface area contributed by atoms with Crippen molar-refractivity contribution in [1.82, 2.24) is 9.78 Å². The lowest BCUT2D eigenvalue weighted by Gasteiger charge is -2.25. The van der Waals surface area contributed by atoms with E-state index in [0.29, 0.717) is 12.0 Å². The van der Waals surface area contributed by atoms with E-state index >= 15 is 0 Å². The molecule has 0 unspecified atom stereocenters. The highest BCUT2D eigenvalue weighted by molar-refractivity contribution is 5.85. The molecule has 4 heteroatoms. The van der Waals surface area contributed by atoms with Crippen LogP contribution in [0.3, 0.4) is 0 Å². The van der Waals surface area contributed by atoms with E-state index < -0.39 is 5.97 Å². The molecule has 0 atom stereocenters. The van der Waals surface area contributed by atoms with Crippen LogP contribution in [0.15, 0.2) is 6.07 Å². The first kappa shape index (κ1) is 8.95. The Bertz CT molecular complexity index is 403. The fourth-order valence-corrected chi connectivity index (χ4v) is 2.13. The van der Waals surface area contributed by atoms with Crippen molar-refractivity contribution in [1.29, 1.82) is 0 Å². The van der Waals surface area contributed by atoms with E-state index in [2.05, 4.69) is 5.10 Å². The maximum atomic E-state index is 10.9. The Morgan fingerprint density at radius 1 is 1.40 bits per heavy atom. The van der Waals surface area contributed by atoms with Gasteiger partial charge in [0.1, 0.15) is 0 Å². The summed E-state index contributed by atoms with van der Waals surface area (Å²) in [4.78, 5) is 10.9. The molecular formula is C11H14N2O2. The molecule has 2 saturated carbocycles. The Labute approximate surface area is 87.9 Å². The molecule has 4 nitrogen and oxygen atoms in total. The van der Waals surface area contributed by atoms with E-state index in [1.54, 1.807) is 6.07 Å². The fraction of sp³-hybridized carbons (Fsp3) is 0.636. The first-order valence-corrected chi connectivity index (χ1v) is 5.58. The maximum absolute atomic E-state index is 10.9. The minimum atomic E-state index is -0.907. The van der Waals surface area contributed by atoms with Gasteiger partial charge >= 0.3 is 5.97 Å². The predicted molar refractivity (Wildman–Crippen MR) is 54.0 cm³/mol. The molecule has 0 radical (unpaired) electrons. The molecule has 2 fully saturated rings. The van der Waals surface area contributed by atoms with Crippen molar-refractivity contribution >= 4 is 5.97 Å². The first-order chi connectivity index (χ1) is 7.25. The average molecular weight is 206 g/mol. The standard InChI is InChI=1S/C11H14N2O2/c14-11(15)9-6-10(7-2-1-3-7)13(12-9)8-4-5-8/h6-8H,1-5H2,(H,14,15). The molecule has 1 N–H and O–H groups in total. The van der Waals surface area contributed by atoms with Gasteiger partial charge < -0.3 is 5.11 Å². The van der Waals surface area contributed by atoms with E-state index in [9.17, 15) is 4.79 Å². The van der Waals surface area contributed by atoms with Gasteiger partial charge in [0.15, 0.2) is 5.69 Å². The number of aromatic carboxylic acids is 1. The quantitative estimate of drug-likeness (QED) is 0.824. The van der Waals surface area contributed by atoms with E-state index in [1.807, 2.05) is 4.68 Å². The Morgan fingerprint density at radius 2 is 2.13 bits per heavy atom. The minimum Gasteiger partial charge on any atom is -0.476 e. The molecule has 80 valence electrons. The van der Waals surface area contributed by atoms with E-state index in [-0.39, 0.29) is 5.69 Å². The summed E-state index contributed by atoms with van der Waals surface area (Å²) in [7, 11) is 0. The van der Waals surface area contributed by atoms with Crippen LogP contribution >= 0.6 is 0 Å².